The standard InChI is InChI=1S/C20H20N4O4S/c1-2-21-18(25)12-22-19(26)13-28-20(27)16-11-15(17-9-6-10-29-17)23-24(16)14-7-4-3-5-8-14/h3-11H,2,12-13H2,1H3,(H,21,25)(H,22,26). The predicted molar refractivity (Wildman–Crippen MR) is 109 cm³/mol. The Morgan fingerprint density at radius 3 is 2.55 bits per heavy atom. The van der Waals surface area contributed by atoms with E-state index in [0.29, 0.717) is 17.9 Å². The molecule has 2 aromatic heterocycles. The molecule has 8 nitrogen and oxygen atoms in total. The van der Waals surface area contributed by atoms with Crippen LogP contribution in [0.25, 0.3) is 16.3 Å². The van der Waals surface area contributed by atoms with Crippen LogP contribution in [0, 0.1) is 0 Å². The fraction of sp³-hybridized carbons (Fsp3) is 0.200. The topological polar surface area (TPSA) is 102 Å². The fourth-order valence-electron chi connectivity index (χ4n) is 2.53. The van der Waals surface area contributed by atoms with E-state index < -0.39 is 18.5 Å². The number of amides is 2. The van der Waals surface area contributed by atoms with Crippen LogP contribution in [0.3, 0.4) is 0 Å². The number of hydrogen-bond acceptors (Lipinski definition) is 6. The Bertz CT molecular complexity index is 983. The summed E-state index contributed by atoms with van der Waals surface area (Å²) in [6.45, 7) is 1.59. The zero-order chi connectivity index (χ0) is 20.6. The number of aromatic nitrogens is 2. The third-order valence-corrected chi connectivity index (χ3v) is 4.74. The SMILES string of the molecule is CCNC(=O)CNC(=O)COC(=O)c1cc(-c2cccs2)nn1-c1ccccc1. The monoisotopic (exact) mass is 412 g/mol. The summed E-state index contributed by atoms with van der Waals surface area (Å²) in [6.07, 6.45) is 0. The number of hydrogen-bond donors (Lipinski definition) is 2. The summed E-state index contributed by atoms with van der Waals surface area (Å²) < 4.78 is 6.62. The zero-order valence-electron chi connectivity index (χ0n) is 15.8. The van der Waals surface area contributed by atoms with E-state index in [1.807, 2.05) is 47.8 Å². The van der Waals surface area contributed by atoms with Crippen LogP contribution in [0.15, 0.2) is 53.9 Å². The molecule has 1 aromatic carbocycles. The van der Waals surface area contributed by atoms with Crippen molar-refractivity contribution in [3.63, 3.8) is 0 Å². The van der Waals surface area contributed by atoms with E-state index in [9.17, 15) is 14.4 Å². The maximum absolute atomic E-state index is 12.6. The highest BCUT2D eigenvalue weighted by molar-refractivity contribution is 7.13. The first-order valence-electron chi connectivity index (χ1n) is 8.98. The number of ether oxygens (including phenoxy) is 1. The van der Waals surface area contributed by atoms with E-state index in [1.165, 1.54) is 16.0 Å². The maximum atomic E-state index is 12.6. The summed E-state index contributed by atoms with van der Waals surface area (Å²) in [5, 5.41) is 11.4. The van der Waals surface area contributed by atoms with Crippen LogP contribution < -0.4 is 10.6 Å². The van der Waals surface area contributed by atoms with Crippen molar-refractivity contribution in [2.75, 3.05) is 19.7 Å². The van der Waals surface area contributed by atoms with Crippen molar-refractivity contribution in [2.45, 2.75) is 6.92 Å². The van der Waals surface area contributed by atoms with Gasteiger partial charge in [0.1, 0.15) is 5.69 Å². The molecule has 2 amide bonds. The molecule has 0 saturated heterocycles. The molecule has 0 atom stereocenters. The van der Waals surface area contributed by atoms with Gasteiger partial charge in [0.15, 0.2) is 12.3 Å². The number of carbonyl (C=O) groups excluding carboxylic acids is 3. The van der Waals surface area contributed by atoms with Crippen molar-refractivity contribution in [1.29, 1.82) is 0 Å². The highest BCUT2D eigenvalue weighted by Gasteiger charge is 2.20. The summed E-state index contributed by atoms with van der Waals surface area (Å²) in [4.78, 5) is 36.8. The Morgan fingerprint density at radius 2 is 1.86 bits per heavy atom. The molecule has 2 heterocycles. The van der Waals surface area contributed by atoms with Gasteiger partial charge in [0.05, 0.1) is 17.1 Å². The van der Waals surface area contributed by atoms with Gasteiger partial charge in [0, 0.05) is 12.6 Å². The number of nitrogens with zero attached hydrogens (tertiary/aromatic N) is 2. The molecule has 3 rings (SSSR count). The number of para-hydroxylation sites is 1. The number of likely N-dealkylation sites (N-methyl/N-ethyl adjacent to an activating group) is 1. The minimum absolute atomic E-state index is 0.172. The largest absolute Gasteiger partial charge is 0.451 e. The minimum atomic E-state index is -0.683. The van der Waals surface area contributed by atoms with E-state index in [-0.39, 0.29) is 18.1 Å². The average Bonchev–Trinajstić information content (AvgIpc) is 3.41. The summed E-state index contributed by atoms with van der Waals surface area (Å²) in [5.74, 6) is -1.55. The normalized spacial score (nSPS) is 10.4. The second-order valence-corrected chi connectivity index (χ2v) is 6.89. The lowest BCUT2D eigenvalue weighted by Crippen LogP contribution is -2.38. The fourth-order valence-corrected chi connectivity index (χ4v) is 3.21. The van der Waals surface area contributed by atoms with Gasteiger partial charge in [-0.25, -0.2) is 9.48 Å². The first kappa shape index (κ1) is 20.3. The Morgan fingerprint density at radius 1 is 1.07 bits per heavy atom. The van der Waals surface area contributed by atoms with Crippen molar-refractivity contribution in [1.82, 2.24) is 20.4 Å². The molecule has 9 heteroatoms. The number of nitrogens with one attached hydrogen (secondary N) is 2. The van der Waals surface area contributed by atoms with Crippen molar-refractivity contribution in [3.8, 4) is 16.3 Å². The van der Waals surface area contributed by atoms with E-state index in [0.717, 1.165) is 4.88 Å². The zero-order valence-corrected chi connectivity index (χ0v) is 16.6. The second kappa shape index (κ2) is 9.65. The van der Waals surface area contributed by atoms with Gasteiger partial charge >= 0.3 is 5.97 Å². The van der Waals surface area contributed by atoms with Crippen molar-refractivity contribution < 1.29 is 19.1 Å². The lowest BCUT2D eigenvalue weighted by atomic mass is 10.3. The Balaban J connectivity index is 1.72. The first-order valence-corrected chi connectivity index (χ1v) is 9.86. The summed E-state index contributed by atoms with van der Waals surface area (Å²) in [5.41, 5.74) is 1.54. The molecule has 150 valence electrons. The van der Waals surface area contributed by atoms with Gasteiger partial charge in [-0.15, -0.1) is 11.3 Å². The molecule has 0 aliphatic rings. The van der Waals surface area contributed by atoms with Gasteiger partial charge in [-0.1, -0.05) is 24.3 Å². The third-order valence-electron chi connectivity index (χ3n) is 3.85. The summed E-state index contributed by atoms with van der Waals surface area (Å²) in [6, 6.07) is 14.6. The molecule has 0 spiro atoms. The van der Waals surface area contributed by atoms with Gasteiger partial charge in [0.25, 0.3) is 5.91 Å². The quantitative estimate of drug-likeness (QED) is 0.551. The number of rotatable bonds is 8. The lowest BCUT2D eigenvalue weighted by Gasteiger charge is -2.08. The predicted octanol–water partition coefficient (Wildman–Crippen LogP) is 2.01. The van der Waals surface area contributed by atoms with Gasteiger partial charge < -0.3 is 15.4 Å². The van der Waals surface area contributed by atoms with Crippen molar-refractivity contribution in [2.24, 2.45) is 0 Å². The highest BCUT2D eigenvalue weighted by Crippen LogP contribution is 2.26. The molecule has 0 aliphatic carbocycles. The van der Waals surface area contributed by atoms with Crippen LogP contribution in [0.4, 0.5) is 0 Å². The van der Waals surface area contributed by atoms with E-state index >= 15 is 0 Å². The Labute approximate surface area is 171 Å². The van der Waals surface area contributed by atoms with Gasteiger partial charge in [-0.2, -0.15) is 5.10 Å². The third kappa shape index (κ3) is 5.29. The Hall–Kier alpha value is -3.46. The average molecular weight is 412 g/mol. The van der Waals surface area contributed by atoms with Crippen LogP contribution in [-0.4, -0.2) is 47.3 Å². The van der Waals surface area contributed by atoms with Crippen LogP contribution in [0.2, 0.25) is 0 Å². The van der Waals surface area contributed by atoms with Gasteiger partial charge in [-0.05, 0) is 30.5 Å². The molecule has 0 aliphatic heterocycles. The number of thiophene rings is 1. The second-order valence-electron chi connectivity index (χ2n) is 5.95. The summed E-state index contributed by atoms with van der Waals surface area (Å²) >= 11 is 1.51. The van der Waals surface area contributed by atoms with Gasteiger partial charge in [-0.3, -0.25) is 9.59 Å². The van der Waals surface area contributed by atoms with Crippen LogP contribution >= 0.6 is 11.3 Å². The molecule has 3 aromatic rings. The molecular formula is C20H20N4O4S. The molecule has 0 unspecified atom stereocenters. The Kier molecular flexibility index (Phi) is 6.75. The minimum Gasteiger partial charge on any atom is -0.451 e. The molecule has 0 radical (unpaired) electrons. The number of carbonyl (C=O) groups is 3. The molecule has 29 heavy (non-hydrogen) atoms. The molecule has 0 fully saturated rings. The molecule has 0 saturated carbocycles. The lowest BCUT2D eigenvalue weighted by molar-refractivity contribution is -0.127. The molecule has 0 bridgehead atoms. The van der Waals surface area contributed by atoms with Crippen molar-refractivity contribution in [3.05, 3.63) is 59.6 Å². The van der Waals surface area contributed by atoms with E-state index in [4.69, 9.17) is 4.74 Å². The smallest absolute Gasteiger partial charge is 0.357 e. The maximum Gasteiger partial charge on any atom is 0.357 e. The van der Waals surface area contributed by atoms with Crippen LogP contribution in [0.1, 0.15) is 17.4 Å². The number of esters is 1. The highest BCUT2D eigenvalue weighted by atomic mass is 32.1. The molecule has 2 N–H and O–H groups in total. The first-order chi connectivity index (χ1) is 14.1. The van der Waals surface area contributed by atoms with E-state index in [2.05, 4.69) is 15.7 Å². The molecular weight excluding hydrogens is 392 g/mol. The van der Waals surface area contributed by atoms with Crippen LogP contribution in [0.5, 0.6) is 0 Å². The van der Waals surface area contributed by atoms with Crippen LogP contribution in [-0.2, 0) is 14.3 Å². The summed E-state index contributed by atoms with van der Waals surface area (Å²) in [7, 11) is 0. The number of benzene rings is 1. The van der Waals surface area contributed by atoms with Gasteiger partial charge in [0.2, 0.25) is 5.91 Å². The van der Waals surface area contributed by atoms with E-state index in [1.54, 1.807) is 13.0 Å². The van der Waals surface area contributed by atoms with Crippen molar-refractivity contribution >= 4 is 29.1 Å².